The minimum atomic E-state index is -0.980. The van der Waals surface area contributed by atoms with Crippen molar-refractivity contribution >= 4 is 0 Å². The molecule has 0 fully saturated rings. The van der Waals surface area contributed by atoms with Gasteiger partial charge in [0, 0.05) is 6.42 Å². The number of rotatable bonds is 6. The summed E-state index contributed by atoms with van der Waals surface area (Å²) < 4.78 is 26.2. The molecule has 0 aromatic rings. The minimum absolute atomic E-state index is 0.136. The molecule has 0 aromatic carbocycles. The highest BCUT2D eigenvalue weighted by Crippen LogP contribution is 2.23. The van der Waals surface area contributed by atoms with E-state index in [1.807, 2.05) is 20.8 Å². The van der Waals surface area contributed by atoms with Crippen LogP contribution in [0.3, 0.4) is 0 Å². The zero-order valence-electron chi connectivity index (χ0n) is 11.3. The predicted molar refractivity (Wildman–Crippen MR) is 70.1 cm³/mol. The van der Waals surface area contributed by atoms with E-state index in [0.29, 0.717) is 6.42 Å². The molecular weight excluding hydrogens is 222 g/mol. The lowest BCUT2D eigenvalue weighted by atomic mass is 10.0. The molecule has 0 aliphatic heterocycles. The van der Waals surface area contributed by atoms with Gasteiger partial charge in [-0.3, -0.25) is 0 Å². The van der Waals surface area contributed by atoms with Gasteiger partial charge in [-0.15, -0.1) is 0 Å². The van der Waals surface area contributed by atoms with E-state index in [1.54, 1.807) is 6.92 Å². The minimum Gasteiger partial charge on any atom is -0.393 e. The number of aliphatic hydroxyl groups excluding tert-OH is 1. The average molecular weight is 246 g/mol. The summed E-state index contributed by atoms with van der Waals surface area (Å²) in [7, 11) is 0. The third-order valence-corrected chi connectivity index (χ3v) is 2.10. The van der Waals surface area contributed by atoms with Crippen LogP contribution in [0.15, 0.2) is 36.0 Å². The summed E-state index contributed by atoms with van der Waals surface area (Å²) in [5, 5.41) is 9.48. The van der Waals surface area contributed by atoms with Gasteiger partial charge in [0.25, 0.3) is 0 Å². The summed E-state index contributed by atoms with van der Waals surface area (Å²) in [6.45, 7) is 10.7. The molecule has 0 aliphatic rings. The standard InChI is InChI=1S/C12H18F2O.C2H6/c1-4-7-10(15)8-9(5-2)12(14)11(13)6-3;1-2/h5-6,10,15H,3-4,7-8H2,1-2H3;1-2H3/b9-5-,12-11-;. The van der Waals surface area contributed by atoms with Crippen molar-refractivity contribution in [2.75, 3.05) is 0 Å². The third-order valence-electron chi connectivity index (χ3n) is 2.10. The van der Waals surface area contributed by atoms with Crippen LogP contribution < -0.4 is 0 Å². The monoisotopic (exact) mass is 246 g/mol. The van der Waals surface area contributed by atoms with E-state index < -0.39 is 17.8 Å². The van der Waals surface area contributed by atoms with Crippen molar-refractivity contribution in [3.63, 3.8) is 0 Å². The number of halogens is 2. The molecule has 0 aromatic heterocycles. The Morgan fingerprint density at radius 3 is 2.24 bits per heavy atom. The van der Waals surface area contributed by atoms with E-state index >= 15 is 0 Å². The molecule has 1 unspecified atom stereocenters. The molecule has 0 heterocycles. The Hall–Kier alpha value is -0.960. The van der Waals surface area contributed by atoms with E-state index in [4.69, 9.17) is 0 Å². The highest BCUT2D eigenvalue weighted by molar-refractivity contribution is 5.31. The Morgan fingerprint density at radius 2 is 1.88 bits per heavy atom. The molecule has 0 amide bonds. The fraction of sp³-hybridized carbons (Fsp3) is 0.571. The van der Waals surface area contributed by atoms with Gasteiger partial charge in [0.15, 0.2) is 11.7 Å². The van der Waals surface area contributed by atoms with Crippen molar-refractivity contribution in [3.05, 3.63) is 36.0 Å². The fourth-order valence-electron chi connectivity index (χ4n) is 1.27. The largest absolute Gasteiger partial charge is 0.393 e. The number of aliphatic hydroxyl groups is 1. The van der Waals surface area contributed by atoms with Crippen LogP contribution in [0.1, 0.15) is 47.0 Å². The normalized spacial score (nSPS) is 14.4. The van der Waals surface area contributed by atoms with Crippen LogP contribution in [0, 0.1) is 0 Å². The van der Waals surface area contributed by atoms with Crippen LogP contribution >= 0.6 is 0 Å². The first-order chi connectivity index (χ1) is 8.06. The number of hydrogen-bond acceptors (Lipinski definition) is 1. The Bertz CT molecular complexity index is 267. The van der Waals surface area contributed by atoms with Crippen molar-refractivity contribution < 1.29 is 13.9 Å². The lowest BCUT2D eigenvalue weighted by Gasteiger charge is -2.11. The number of allylic oxidation sites excluding steroid dienone is 4. The molecule has 0 bridgehead atoms. The first-order valence-corrected chi connectivity index (χ1v) is 6.08. The number of hydrogen-bond donors (Lipinski definition) is 1. The first-order valence-electron chi connectivity index (χ1n) is 6.08. The van der Waals surface area contributed by atoms with Crippen LogP contribution in [0.25, 0.3) is 0 Å². The fourth-order valence-corrected chi connectivity index (χ4v) is 1.27. The van der Waals surface area contributed by atoms with E-state index in [-0.39, 0.29) is 12.0 Å². The smallest absolute Gasteiger partial charge is 0.161 e. The second-order valence-electron chi connectivity index (χ2n) is 3.33. The maximum Gasteiger partial charge on any atom is 0.161 e. The molecule has 3 heteroatoms. The Balaban J connectivity index is 0. The Morgan fingerprint density at radius 1 is 1.35 bits per heavy atom. The van der Waals surface area contributed by atoms with Gasteiger partial charge in [-0.05, 0) is 25.0 Å². The molecule has 0 aliphatic carbocycles. The second kappa shape index (κ2) is 11.5. The van der Waals surface area contributed by atoms with Crippen molar-refractivity contribution in [2.45, 2.75) is 53.1 Å². The van der Waals surface area contributed by atoms with Crippen LogP contribution in [0.2, 0.25) is 0 Å². The zero-order valence-corrected chi connectivity index (χ0v) is 11.3. The molecule has 1 nitrogen and oxygen atoms in total. The molecule has 0 rings (SSSR count). The Kier molecular flexibility index (Phi) is 12.5. The van der Waals surface area contributed by atoms with Crippen molar-refractivity contribution in [1.82, 2.24) is 0 Å². The molecule has 0 saturated heterocycles. The molecule has 17 heavy (non-hydrogen) atoms. The van der Waals surface area contributed by atoms with E-state index in [0.717, 1.165) is 12.5 Å². The quantitative estimate of drug-likeness (QED) is 0.664. The highest BCUT2D eigenvalue weighted by atomic mass is 19.2. The summed E-state index contributed by atoms with van der Waals surface area (Å²) in [4.78, 5) is 0. The summed E-state index contributed by atoms with van der Waals surface area (Å²) >= 11 is 0. The van der Waals surface area contributed by atoms with Crippen LogP contribution in [0.4, 0.5) is 8.78 Å². The summed E-state index contributed by atoms with van der Waals surface area (Å²) in [5.74, 6) is -1.91. The SMILES string of the molecule is C=C/C(F)=C(F)\C(=C/C)CC(O)CCC.CC. The van der Waals surface area contributed by atoms with Crippen molar-refractivity contribution in [2.24, 2.45) is 0 Å². The van der Waals surface area contributed by atoms with Gasteiger partial charge < -0.3 is 5.11 Å². The maximum atomic E-state index is 13.3. The maximum absolute atomic E-state index is 13.3. The lowest BCUT2D eigenvalue weighted by Crippen LogP contribution is -2.07. The first kappa shape index (κ1) is 18.4. The van der Waals surface area contributed by atoms with E-state index in [1.165, 1.54) is 6.08 Å². The zero-order chi connectivity index (χ0) is 13.8. The Labute approximate surface area is 104 Å². The van der Waals surface area contributed by atoms with Gasteiger partial charge >= 0.3 is 0 Å². The topological polar surface area (TPSA) is 20.2 Å². The molecular formula is C14H24F2O. The second-order valence-corrected chi connectivity index (χ2v) is 3.33. The molecule has 1 atom stereocenters. The van der Waals surface area contributed by atoms with Crippen LogP contribution in [0.5, 0.6) is 0 Å². The van der Waals surface area contributed by atoms with Crippen LogP contribution in [-0.4, -0.2) is 11.2 Å². The molecule has 0 spiro atoms. The van der Waals surface area contributed by atoms with E-state index in [9.17, 15) is 13.9 Å². The van der Waals surface area contributed by atoms with Gasteiger partial charge in [-0.2, -0.15) is 0 Å². The predicted octanol–water partition coefficient (Wildman–Crippen LogP) is 4.85. The van der Waals surface area contributed by atoms with Gasteiger partial charge in [0.1, 0.15) is 0 Å². The summed E-state index contributed by atoms with van der Waals surface area (Å²) in [6.07, 6.45) is 3.21. The highest BCUT2D eigenvalue weighted by Gasteiger charge is 2.13. The molecule has 100 valence electrons. The average Bonchev–Trinajstić information content (AvgIpc) is 2.36. The summed E-state index contributed by atoms with van der Waals surface area (Å²) in [5.41, 5.74) is 0.188. The molecule has 0 radical (unpaired) electrons. The summed E-state index contributed by atoms with van der Waals surface area (Å²) in [6, 6.07) is 0. The third kappa shape index (κ3) is 7.86. The van der Waals surface area contributed by atoms with Gasteiger partial charge in [0.2, 0.25) is 0 Å². The molecule has 0 saturated carbocycles. The van der Waals surface area contributed by atoms with E-state index in [2.05, 4.69) is 6.58 Å². The lowest BCUT2D eigenvalue weighted by molar-refractivity contribution is 0.163. The molecule has 1 N–H and O–H groups in total. The van der Waals surface area contributed by atoms with Gasteiger partial charge in [0.05, 0.1) is 6.10 Å². The van der Waals surface area contributed by atoms with Crippen molar-refractivity contribution in [3.8, 4) is 0 Å². The van der Waals surface area contributed by atoms with Crippen LogP contribution in [-0.2, 0) is 0 Å². The van der Waals surface area contributed by atoms with Gasteiger partial charge in [-0.25, -0.2) is 8.78 Å². The van der Waals surface area contributed by atoms with Crippen molar-refractivity contribution in [1.29, 1.82) is 0 Å². The van der Waals surface area contributed by atoms with Gasteiger partial charge in [-0.1, -0.05) is 39.8 Å².